The van der Waals surface area contributed by atoms with Gasteiger partial charge < -0.3 is 10.2 Å². The van der Waals surface area contributed by atoms with Crippen molar-refractivity contribution in [3.63, 3.8) is 0 Å². The monoisotopic (exact) mass is 232 g/mol. The van der Waals surface area contributed by atoms with E-state index >= 15 is 0 Å². The smallest absolute Gasteiger partial charge is 0.0364 e. The number of aryl methyl sites for hydroxylation is 1. The molecule has 0 heterocycles. The first-order valence-corrected chi connectivity index (χ1v) is 6.72. The molecule has 2 nitrogen and oxygen atoms in total. The molecule has 0 amide bonds. The van der Waals surface area contributed by atoms with E-state index in [-0.39, 0.29) is 0 Å². The van der Waals surface area contributed by atoms with Crippen molar-refractivity contribution in [3.05, 3.63) is 29.8 Å². The highest BCUT2D eigenvalue weighted by molar-refractivity contribution is 5.46. The predicted octanol–water partition coefficient (Wildman–Crippen LogP) is 2.82. The van der Waals surface area contributed by atoms with Crippen molar-refractivity contribution in [1.82, 2.24) is 5.32 Å². The topological polar surface area (TPSA) is 15.3 Å². The van der Waals surface area contributed by atoms with Gasteiger partial charge in [0.1, 0.15) is 0 Å². The van der Waals surface area contributed by atoms with Gasteiger partial charge in [0.15, 0.2) is 0 Å². The van der Waals surface area contributed by atoms with Crippen LogP contribution in [0.4, 0.5) is 5.69 Å². The van der Waals surface area contributed by atoms with E-state index in [1.54, 1.807) is 0 Å². The molecule has 1 unspecified atom stereocenters. The Bertz CT molecular complexity index is 340. The molecule has 1 aliphatic carbocycles. The molecule has 1 aromatic carbocycles. The van der Waals surface area contributed by atoms with Gasteiger partial charge in [-0.3, -0.25) is 0 Å². The molecule has 2 rings (SSSR count). The van der Waals surface area contributed by atoms with Crippen LogP contribution in [-0.2, 0) is 0 Å². The molecular weight excluding hydrogens is 208 g/mol. The van der Waals surface area contributed by atoms with Gasteiger partial charge in [-0.1, -0.05) is 24.6 Å². The Kier molecular flexibility index (Phi) is 4.06. The number of hydrogen-bond acceptors (Lipinski definition) is 2. The van der Waals surface area contributed by atoms with Crippen LogP contribution in [0.5, 0.6) is 0 Å². The Morgan fingerprint density at radius 2 is 1.94 bits per heavy atom. The van der Waals surface area contributed by atoms with Crippen molar-refractivity contribution in [3.8, 4) is 0 Å². The Morgan fingerprint density at radius 1 is 1.29 bits per heavy atom. The normalized spacial score (nSPS) is 16.9. The van der Waals surface area contributed by atoms with Gasteiger partial charge in [0.05, 0.1) is 0 Å². The standard InChI is InChI=1S/C15H24N2/c1-4-16-15(13-7-8-13)11-17(3)14-9-5-12(2)6-10-14/h5-6,9-10,13,15-16H,4,7-8,11H2,1-3H3. The molecule has 1 fully saturated rings. The van der Waals surface area contributed by atoms with Gasteiger partial charge in [-0.15, -0.1) is 0 Å². The van der Waals surface area contributed by atoms with Crippen LogP contribution >= 0.6 is 0 Å². The molecule has 1 saturated carbocycles. The Balaban J connectivity index is 1.94. The second-order valence-corrected chi connectivity index (χ2v) is 5.22. The lowest BCUT2D eigenvalue weighted by Gasteiger charge is -2.26. The number of hydrogen-bond donors (Lipinski definition) is 1. The van der Waals surface area contributed by atoms with Crippen LogP contribution in [0, 0.1) is 12.8 Å². The van der Waals surface area contributed by atoms with E-state index in [2.05, 4.69) is 55.4 Å². The first kappa shape index (κ1) is 12.4. The van der Waals surface area contributed by atoms with Crippen LogP contribution in [0.1, 0.15) is 25.3 Å². The minimum absolute atomic E-state index is 0.659. The molecule has 0 spiro atoms. The van der Waals surface area contributed by atoms with Gasteiger partial charge in [0.2, 0.25) is 0 Å². The minimum atomic E-state index is 0.659. The highest BCUT2D eigenvalue weighted by atomic mass is 15.1. The summed E-state index contributed by atoms with van der Waals surface area (Å²) >= 11 is 0. The van der Waals surface area contributed by atoms with E-state index in [1.807, 2.05) is 0 Å². The van der Waals surface area contributed by atoms with Crippen molar-refractivity contribution in [2.24, 2.45) is 5.92 Å². The molecule has 0 aliphatic heterocycles. The third kappa shape index (κ3) is 3.47. The summed E-state index contributed by atoms with van der Waals surface area (Å²) in [5.41, 5.74) is 2.65. The fourth-order valence-electron chi connectivity index (χ4n) is 2.34. The average Bonchev–Trinajstić information content (AvgIpc) is 3.13. The van der Waals surface area contributed by atoms with E-state index in [0.717, 1.165) is 19.0 Å². The van der Waals surface area contributed by atoms with E-state index in [9.17, 15) is 0 Å². The van der Waals surface area contributed by atoms with E-state index in [0.29, 0.717) is 6.04 Å². The van der Waals surface area contributed by atoms with Gasteiger partial charge in [-0.05, 0) is 44.4 Å². The minimum Gasteiger partial charge on any atom is -0.373 e. The zero-order valence-electron chi connectivity index (χ0n) is 11.2. The number of anilines is 1. The first-order chi connectivity index (χ1) is 8.20. The molecule has 0 radical (unpaired) electrons. The van der Waals surface area contributed by atoms with Crippen molar-refractivity contribution in [2.45, 2.75) is 32.7 Å². The quantitative estimate of drug-likeness (QED) is 0.811. The van der Waals surface area contributed by atoms with E-state index < -0.39 is 0 Å². The number of benzene rings is 1. The number of nitrogens with zero attached hydrogens (tertiary/aromatic N) is 1. The molecule has 0 bridgehead atoms. The summed E-state index contributed by atoms with van der Waals surface area (Å²) in [5.74, 6) is 0.905. The molecule has 1 aliphatic rings. The van der Waals surface area contributed by atoms with Gasteiger partial charge >= 0.3 is 0 Å². The largest absolute Gasteiger partial charge is 0.373 e. The third-order valence-corrected chi connectivity index (χ3v) is 3.60. The van der Waals surface area contributed by atoms with Gasteiger partial charge in [-0.2, -0.15) is 0 Å². The van der Waals surface area contributed by atoms with Crippen molar-refractivity contribution in [1.29, 1.82) is 0 Å². The molecule has 2 heteroatoms. The third-order valence-electron chi connectivity index (χ3n) is 3.60. The molecule has 1 aromatic rings. The van der Waals surface area contributed by atoms with Crippen molar-refractivity contribution in [2.75, 3.05) is 25.0 Å². The predicted molar refractivity (Wildman–Crippen MR) is 74.6 cm³/mol. The second kappa shape index (κ2) is 5.54. The summed E-state index contributed by atoms with van der Waals surface area (Å²) < 4.78 is 0. The number of rotatable bonds is 6. The number of likely N-dealkylation sites (N-methyl/N-ethyl adjacent to an activating group) is 2. The van der Waals surface area contributed by atoms with Crippen LogP contribution < -0.4 is 10.2 Å². The molecule has 1 N–H and O–H groups in total. The summed E-state index contributed by atoms with van der Waals surface area (Å²) in [6, 6.07) is 9.46. The molecule has 94 valence electrons. The SMILES string of the molecule is CCNC(CN(C)c1ccc(C)cc1)C1CC1. The number of nitrogens with one attached hydrogen (secondary N) is 1. The lowest BCUT2D eigenvalue weighted by molar-refractivity contribution is 0.476. The zero-order chi connectivity index (χ0) is 12.3. The Hall–Kier alpha value is -1.02. The van der Waals surface area contributed by atoms with Gasteiger partial charge in [0.25, 0.3) is 0 Å². The molecule has 0 saturated heterocycles. The average molecular weight is 232 g/mol. The molecule has 17 heavy (non-hydrogen) atoms. The van der Waals surface area contributed by atoms with Crippen molar-refractivity contribution >= 4 is 5.69 Å². The Labute approximate surface area is 105 Å². The van der Waals surface area contributed by atoms with Gasteiger partial charge in [-0.25, -0.2) is 0 Å². The highest BCUT2D eigenvalue weighted by Gasteiger charge is 2.31. The van der Waals surface area contributed by atoms with Crippen molar-refractivity contribution < 1.29 is 0 Å². The lowest BCUT2D eigenvalue weighted by Crippen LogP contribution is -2.41. The molecular formula is C15H24N2. The maximum atomic E-state index is 3.61. The fourth-order valence-corrected chi connectivity index (χ4v) is 2.34. The maximum absolute atomic E-state index is 3.61. The van der Waals surface area contributed by atoms with Gasteiger partial charge in [0, 0.05) is 25.3 Å². The summed E-state index contributed by atoms with van der Waals surface area (Å²) in [4.78, 5) is 2.37. The van der Waals surface area contributed by atoms with E-state index in [4.69, 9.17) is 0 Å². The second-order valence-electron chi connectivity index (χ2n) is 5.22. The maximum Gasteiger partial charge on any atom is 0.0364 e. The zero-order valence-corrected chi connectivity index (χ0v) is 11.2. The molecule has 1 atom stereocenters. The lowest BCUT2D eigenvalue weighted by atomic mass is 10.1. The van der Waals surface area contributed by atoms with Crippen LogP contribution in [0.2, 0.25) is 0 Å². The summed E-state index contributed by atoms with van der Waals surface area (Å²) in [6.07, 6.45) is 2.80. The molecule has 0 aromatic heterocycles. The van der Waals surface area contributed by atoms with Crippen LogP contribution in [0.15, 0.2) is 24.3 Å². The fraction of sp³-hybridized carbons (Fsp3) is 0.600. The Morgan fingerprint density at radius 3 is 2.47 bits per heavy atom. The van der Waals surface area contributed by atoms with Crippen LogP contribution in [0.25, 0.3) is 0 Å². The van der Waals surface area contributed by atoms with Crippen LogP contribution in [0.3, 0.4) is 0 Å². The van der Waals surface area contributed by atoms with Crippen LogP contribution in [-0.4, -0.2) is 26.2 Å². The highest BCUT2D eigenvalue weighted by Crippen LogP contribution is 2.33. The summed E-state index contributed by atoms with van der Waals surface area (Å²) in [5, 5.41) is 3.61. The van der Waals surface area contributed by atoms with E-state index in [1.165, 1.54) is 24.1 Å². The summed E-state index contributed by atoms with van der Waals surface area (Å²) in [7, 11) is 2.19. The summed E-state index contributed by atoms with van der Waals surface area (Å²) in [6.45, 7) is 6.52. The first-order valence-electron chi connectivity index (χ1n) is 6.72.